The molecule has 0 spiro atoms. The first kappa shape index (κ1) is 14.7. The van der Waals surface area contributed by atoms with Gasteiger partial charge in [0.25, 0.3) is 0 Å². The second kappa shape index (κ2) is 7.20. The van der Waals surface area contributed by atoms with E-state index < -0.39 is 18.0 Å². The first-order chi connectivity index (χ1) is 9.06. The van der Waals surface area contributed by atoms with E-state index in [0.29, 0.717) is 6.54 Å². The van der Waals surface area contributed by atoms with Crippen molar-refractivity contribution in [1.29, 1.82) is 0 Å². The average molecular weight is 265 g/mol. The number of amides is 3. The molecule has 1 aromatic heterocycles. The molecular weight excluding hydrogens is 246 g/mol. The van der Waals surface area contributed by atoms with Gasteiger partial charge in [-0.05, 0) is 13.8 Å². The highest BCUT2D eigenvalue weighted by molar-refractivity contribution is 5.97. The standard InChI is InChI=1S/C12H19N5O2/c1-4-6-13-12(19)16-11(18)9(3)15-10-7-14-17(5-2)8-10/h4,7-9,15H,1,5-6H2,2-3H3,(H2,13,16,18,19). The van der Waals surface area contributed by atoms with Gasteiger partial charge in [-0.25, -0.2) is 4.79 Å². The van der Waals surface area contributed by atoms with Crippen LogP contribution < -0.4 is 16.0 Å². The van der Waals surface area contributed by atoms with Gasteiger partial charge in [-0.2, -0.15) is 5.10 Å². The fourth-order valence-electron chi connectivity index (χ4n) is 1.36. The summed E-state index contributed by atoms with van der Waals surface area (Å²) in [6.07, 6.45) is 4.96. The summed E-state index contributed by atoms with van der Waals surface area (Å²) in [6, 6.07) is -1.08. The van der Waals surface area contributed by atoms with Crippen LogP contribution in [-0.4, -0.2) is 34.3 Å². The van der Waals surface area contributed by atoms with Gasteiger partial charge in [0.15, 0.2) is 0 Å². The molecule has 0 saturated heterocycles. The van der Waals surface area contributed by atoms with Gasteiger partial charge in [0, 0.05) is 19.3 Å². The summed E-state index contributed by atoms with van der Waals surface area (Å²) in [5, 5.41) is 11.7. The van der Waals surface area contributed by atoms with Crippen molar-refractivity contribution in [2.24, 2.45) is 0 Å². The predicted molar refractivity (Wildman–Crippen MR) is 72.7 cm³/mol. The lowest BCUT2D eigenvalue weighted by Crippen LogP contribution is -2.45. The number of urea groups is 1. The fraction of sp³-hybridized carbons (Fsp3) is 0.417. The zero-order valence-electron chi connectivity index (χ0n) is 11.1. The van der Waals surface area contributed by atoms with Crippen LogP contribution in [-0.2, 0) is 11.3 Å². The zero-order chi connectivity index (χ0) is 14.3. The molecule has 0 saturated carbocycles. The number of rotatable bonds is 6. The molecule has 0 radical (unpaired) electrons. The minimum atomic E-state index is -0.539. The van der Waals surface area contributed by atoms with Crippen molar-refractivity contribution in [2.75, 3.05) is 11.9 Å². The smallest absolute Gasteiger partial charge is 0.321 e. The van der Waals surface area contributed by atoms with E-state index in [1.165, 1.54) is 6.08 Å². The van der Waals surface area contributed by atoms with Gasteiger partial charge in [-0.15, -0.1) is 6.58 Å². The summed E-state index contributed by atoms with van der Waals surface area (Å²) >= 11 is 0. The van der Waals surface area contributed by atoms with Gasteiger partial charge in [0.1, 0.15) is 6.04 Å². The number of aromatic nitrogens is 2. The number of hydrogen-bond acceptors (Lipinski definition) is 4. The van der Waals surface area contributed by atoms with E-state index in [0.717, 1.165) is 12.2 Å². The van der Waals surface area contributed by atoms with Gasteiger partial charge >= 0.3 is 6.03 Å². The third-order valence-corrected chi connectivity index (χ3v) is 2.38. The second-order valence-corrected chi connectivity index (χ2v) is 3.94. The largest absolute Gasteiger partial charge is 0.371 e. The molecule has 1 atom stereocenters. The quantitative estimate of drug-likeness (QED) is 0.661. The zero-order valence-corrected chi connectivity index (χ0v) is 11.1. The molecule has 0 aliphatic heterocycles. The molecule has 0 fully saturated rings. The van der Waals surface area contributed by atoms with Crippen molar-refractivity contribution in [1.82, 2.24) is 20.4 Å². The first-order valence-corrected chi connectivity index (χ1v) is 6.05. The fourth-order valence-corrected chi connectivity index (χ4v) is 1.36. The van der Waals surface area contributed by atoms with Crippen LogP contribution in [0.5, 0.6) is 0 Å². The van der Waals surface area contributed by atoms with Gasteiger partial charge in [-0.1, -0.05) is 6.08 Å². The van der Waals surface area contributed by atoms with Crippen LogP contribution in [0.25, 0.3) is 0 Å². The number of anilines is 1. The Morgan fingerprint density at radius 1 is 1.58 bits per heavy atom. The highest BCUT2D eigenvalue weighted by Gasteiger charge is 2.15. The molecule has 1 rings (SSSR count). The summed E-state index contributed by atoms with van der Waals surface area (Å²) in [4.78, 5) is 23.0. The third kappa shape index (κ3) is 4.82. The summed E-state index contributed by atoms with van der Waals surface area (Å²) in [5.41, 5.74) is 0.732. The average Bonchev–Trinajstić information content (AvgIpc) is 2.83. The summed E-state index contributed by atoms with van der Waals surface area (Å²) in [6.45, 7) is 8.17. The number of aryl methyl sites for hydroxylation is 1. The van der Waals surface area contributed by atoms with Crippen molar-refractivity contribution in [3.05, 3.63) is 25.0 Å². The molecule has 19 heavy (non-hydrogen) atoms. The van der Waals surface area contributed by atoms with Crippen molar-refractivity contribution >= 4 is 17.6 Å². The highest BCUT2D eigenvalue weighted by atomic mass is 16.2. The topological polar surface area (TPSA) is 88.1 Å². The molecule has 0 aromatic carbocycles. The number of hydrogen-bond donors (Lipinski definition) is 3. The molecule has 0 aliphatic carbocycles. The van der Waals surface area contributed by atoms with Crippen molar-refractivity contribution < 1.29 is 9.59 Å². The minimum Gasteiger partial charge on any atom is -0.371 e. The van der Waals surface area contributed by atoms with E-state index in [1.807, 2.05) is 6.92 Å². The normalized spacial score (nSPS) is 11.5. The summed E-state index contributed by atoms with van der Waals surface area (Å²) in [7, 11) is 0. The van der Waals surface area contributed by atoms with Crippen LogP contribution in [0, 0.1) is 0 Å². The Balaban J connectivity index is 2.43. The molecule has 3 amide bonds. The van der Waals surface area contributed by atoms with Crippen LogP contribution in [0.1, 0.15) is 13.8 Å². The molecule has 0 bridgehead atoms. The number of carbonyl (C=O) groups excluding carboxylic acids is 2. The molecule has 7 nitrogen and oxygen atoms in total. The van der Waals surface area contributed by atoms with Crippen LogP contribution in [0.15, 0.2) is 25.0 Å². The lowest BCUT2D eigenvalue weighted by Gasteiger charge is -2.13. The Labute approximate surface area is 112 Å². The van der Waals surface area contributed by atoms with Crippen molar-refractivity contribution in [2.45, 2.75) is 26.4 Å². The highest BCUT2D eigenvalue weighted by Crippen LogP contribution is 2.06. The van der Waals surface area contributed by atoms with Gasteiger partial charge in [-0.3, -0.25) is 14.8 Å². The van der Waals surface area contributed by atoms with Crippen LogP contribution in [0.4, 0.5) is 10.5 Å². The van der Waals surface area contributed by atoms with Crippen molar-refractivity contribution in [3.63, 3.8) is 0 Å². The lowest BCUT2D eigenvalue weighted by atomic mass is 10.3. The third-order valence-electron chi connectivity index (χ3n) is 2.38. The van der Waals surface area contributed by atoms with E-state index in [-0.39, 0.29) is 0 Å². The van der Waals surface area contributed by atoms with E-state index in [2.05, 4.69) is 27.6 Å². The number of nitrogens with one attached hydrogen (secondary N) is 3. The molecule has 1 unspecified atom stereocenters. The molecule has 3 N–H and O–H groups in total. The van der Waals surface area contributed by atoms with Crippen LogP contribution in [0.3, 0.4) is 0 Å². The molecule has 0 aliphatic rings. The Morgan fingerprint density at radius 3 is 2.89 bits per heavy atom. The Kier molecular flexibility index (Phi) is 5.59. The second-order valence-electron chi connectivity index (χ2n) is 3.94. The first-order valence-electron chi connectivity index (χ1n) is 6.05. The Hall–Kier alpha value is -2.31. The minimum absolute atomic E-state index is 0.310. The number of nitrogens with zero attached hydrogens (tertiary/aromatic N) is 2. The van der Waals surface area contributed by atoms with Gasteiger partial charge in [0.2, 0.25) is 5.91 Å². The van der Waals surface area contributed by atoms with E-state index in [1.54, 1.807) is 24.0 Å². The van der Waals surface area contributed by atoms with Gasteiger partial charge < -0.3 is 10.6 Å². The summed E-state index contributed by atoms with van der Waals surface area (Å²) in [5.74, 6) is -0.411. The van der Waals surface area contributed by atoms with E-state index in [4.69, 9.17) is 0 Å². The van der Waals surface area contributed by atoms with Crippen LogP contribution >= 0.6 is 0 Å². The van der Waals surface area contributed by atoms with E-state index in [9.17, 15) is 9.59 Å². The molecule has 1 heterocycles. The number of imide groups is 1. The summed E-state index contributed by atoms with van der Waals surface area (Å²) < 4.78 is 1.74. The number of carbonyl (C=O) groups is 2. The maximum atomic E-state index is 11.7. The Bertz CT molecular complexity index is 455. The monoisotopic (exact) mass is 265 g/mol. The maximum absolute atomic E-state index is 11.7. The van der Waals surface area contributed by atoms with Crippen molar-refractivity contribution in [3.8, 4) is 0 Å². The Morgan fingerprint density at radius 2 is 2.32 bits per heavy atom. The van der Waals surface area contributed by atoms with Crippen LogP contribution in [0.2, 0.25) is 0 Å². The predicted octanol–water partition coefficient (Wildman–Crippen LogP) is 0.715. The SMILES string of the molecule is C=CCNC(=O)NC(=O)C(C)Nc1cnn(CC)c1. The molecule has 104 valence electrons. The lowest BCUT2D eigenvalue weighted by molar-refractivity contribution is -0.120. The molecule has 1 aromatic rings. The molecule has 7 heteroatoms. The maximum Gasteiger partial charge on any atom is 0.321 e. The van der Waals surface area contributed by atoms with Gasteiger partial charge in [0.05, 0.1) is 11.9 Å². The van der Waals surface area contributed by atoms with E-state index >= 15 is 0 Å². The molecular formula is C12H19N5O2.